The third kappa shape index (κ3) is 5.55. The second-order valence-corrected chi connectivity index (χ2v) is 4.28. The molecule has 60 valence electrons. The molecule has 0 aliphatic rings. The minimum absolute atomic E-state index is 0.0217. The Bertz CT molecular complexity index is 218. The molecule has 0 amide bonds. The first kappa shape index (κ1) is 9.42. The highest BCUT2D eigenvalue weighted by molar-refractivity contribution is 7.91. The van der Waals surface area contributed by atoms with Gasteiger partial charge in [-0.2, -0.15) is 5.10 Å². The second-order valence-electron chi connectivity index (χ2n) is 2.14. The van der Waals surface area contributed by atoms with Gasteiger partial charge in [0.05, 0.1) is 5.75 Å². The molecular weight excluding hydrogens is 152 g/mol. The molecule has 0 aliphatic heterocycles. The van der Waals surface area contributed by atoms with Crippen molar-refractivity contribution in [3.63, 3.8) is 0 Å². The van der Waals surface area contributed by atoms with Crippen molar-refractivity contribution >= 4 is 15.5 Å². The molecule has 0 unspecified atom stereocenters. The fraction of sp³-hybridized carbons (Fsp3) is 0.800. The maximum absolute atomic E-state index is 10.6. The minimum atomic E-state index is -2.92. The van der Waals surface area contributed by atoms with E-state index in [9.17, 15) is 8.42 Å². The van der Waals surface area contributed by atoms with Crippen LogP contribution in [0.15, 0.2) is 5.10 Å². The van der Waals surface area contributed by atoms with Gasteiger partial charge >= 0.3 is 0 Å². The molecule has 0 radical (unpaired) electrons. The van der Waals surface area contributed by atoms with E-state index < -0.39 is 9.84 Å². The largest absolute Gasteiger partial charge is 0.313 e. The average molecular weight is 164 g/mol. The van der Waals surface area contributed by atoms with Crippen LogP contribution in [0.4, 0.5) is 0 Å². The molecule has 0 atom stereocenters. The van der Waals surface area contributed by atoms with Gasteiger partial charge in [0.15, 0.2) is 9.84 Å². The van der Waals surface area contributed by atoms with Gasteiger partial charge in [-0.3, -0.25) is 0 Å². The van der Waals surface area contributed by atoms with Gasteiger partial charge in [-0.15, -0.1) is 0 Å². The fourth-order valence-electron chi connectivity index (χ4n) is 0.603. The maximum Gasteiger partial charge on any atom is 0.152 e. The maximum atomic E-state index is 10.6. The summed E-state index contributed by atoms with van der Waals surface area (Å²) in [5, 5.41) is 3.70. The van der Waals surface area contributed by atoms with E-state index in [1.54, 1.807) is 14.0 Å². The van der Waals surface area contributed by atoms with E-state index in [0.717, 1.165) is 0 Å². The van der Waals surface area contributed by atoms with E-state index >= 15 is 0 Å². The summed E-state index contributed by atoms with van der Waals surface area (Å²) in [4.78, 5) is 0. The molecule has 0 saturated carbocycles. The Balaban J connectivity index is 4.05. The lowest BCUT2D eigenvalue weighted by Crippen LogP contribution is -2.13. The van der Waals surface area contributed by atoms with Crippen molar-refractivity contribution in [1.82, 2.24) is 5.43 Å². The van der Waals surface area contributed by atoms with Gasteiger partial charge in [-0.1, -0.05) is 0 Å². The molecule has 0 aliphatic carbocycles. The molecule has 0 aromatic carbocycles. The molecule has 0 rings (SSSR count). The summed E-state index contributed by atoms with van der Waals surface area (Å²) in [5.41, 5.74) is 3.09. The van der Waals surface area contributed by atoms with E-state index in [1.165, 1.54) is 6.26 Å². The molecule has 1 N–H and O–H groups in total. The number of hydrazone groups is 1. The van der Waals surface area contributed by atoms with E-state index in [-0.39, 0.29) is 5.75 Å². The molecule has 0 spiro atoms. The van der Waals surface area contributed by atoms with Gasteiger partial charge in [-0.05, 0) is 6.92 Å². The molecule has 0 bridgehead atoms. The summed E-state index contributed by atoms with van der Waals surface area (Å²) in [5.74, 6) is 0.0217. The first-order valence-electron chi connectivity index (χ1n) is 2.83. The monoisotopic (exact) mass is 164 g/mol. The highest BCUT2D eigenvalue weighted by Crippen LogP contribution is 1.84. The normalized spacial score (nSPS) is 13.3. The number of rotatable bonds is 3. The van der Waals surface area contributed by atoms with Gasteiger partial charge in [0.1, 0.15) is 0 Å². The van der Waals surface area contributed by atoms with E-state index in [4.69, 9.17) is 0 Å². The average Bonchev–Trinajstić information content (AvgIpc) is 1.59. The number of nitrogens with zero attached hydrogens (tertiary/aromatic N) is 1. The summed E-state index contributed by atoms with van der Waals surface area (Å²) in [6.45, 7) is 1.66. The summed E-state index contributed by atoms with van der Waals surface area (Å²) in [6.07, 6.45) is 1.18. The standard InChI is InChI=1S/C5H12N2O2S/c1-5(7-6-2)4-10(3,8)9/h6H,4H2,1-3H3/b7-5+. The SMILES string of the molecule is CN/N=C(\C)CS(C)(=O)=O. The molecule has 0 aromatic heterocycles. The van der Waals surface area contributed by atoms with Crippen molar-refractivity contribution in [2.24, 2.45) is 5.10 Å². The Morgan fingerprint density at radius 1 is 1.60 bits per heavy atom. The lowest BCUT2D eigenvalue weighted by molar-refractivity contribution is 0.605. The van der Waals surface area contributed by atoms with Crippen molar-refractivity contribution < 1.29 is 8.42 Å². The highest BCUT2D eigenvalue weighted by Gasteiger charge is 2.03. The van der Waals surface area contributed by atoms with Crippen molar-refractivity contribution in [3.05, 3.63) is 0 Å². The highest BCUT2D eigenvalue weighted by atomic mass is 32.2. The molecular formula is C5H12N2O2S. The minimum Gasteiger partial charge on any atom is -0.313 e. The third-order valence-electron chi connectivity index (χ3n) is 0.774. The van der Waals surface area contributed by atoms with Crippen LogP contribution < -0.4 is 5.43 Å². The number of hydrogen-bond donors (Lipinski definition) is 1. The van der Waals surface area contributed by atoms with Crippen LogP contribution in [0.5, 0.6) is 0 Å². The van der Waals surface area contributed by atoms with Crippen molar-refractivity contribution in [3.8, 4) is 0 Å². The molecule has 0 saturated heterocycles. The smallest absolute Gasteiger partial charge is 0.152 e. The molecule has 4 nitrogen and oxygen atoms in total. The zero-order chi connectivity index (χ0) is 8.20. The Labute approximate surface area is 61.2 Å². The molecule has 0 aromatic rings. The van der Waals surface area contributed by atoms with Crippen LogP contribution in [0.3, 0.4) is 0 Å². The van der Waals surface area contributed by atoms with Crippen LogP contribution in [0.2, 0.25) is 0 Å². The molecule has 0 fully saturated rings. The van der Waals surface area contributed by atoms with E-state index in [0.29, 0.717) is 5.71 Å². The first-order chi connectivity index (χ1) is 4.45. The van der Waals surface area contributed by atoms with Crippen LogP contribution in [-0.4, -0.2) is 33.2 Å². The Hall–Kier alpha value is -0.580. The summed E-state index contributed by atoms with van der Waals surface area (Å²) in [6, 6.07) is 0. The summed E-state index contributed by atoms with van der Waals surface area (Å²) < 4.78 is 21.2. The molecule has 0 heterocycles. The predicted molar refractivity (Wildman–Crippen MR) is 41.9 cm³/mol. The third-order valence-corrected chi connectivity index (χ3v) is 1.72. The topological polar surface area (TPSA) is 58.5 Å². The van der Waals surface area contributed by atoms with Gasteiger partial charge in [0.2, 0.25) is 0 Å². The zero-order valence-electron chi connectivity index (χ0n) is 6.38. The lowest BCUT2D eigenvalue weighted by Gasteiger charge is -1.96. The van der Waals surface area contributed by atoms with Gasteiger partial charge < -0.3 is 5.43 Å². The number of nitrogens with one attached hydrogen (secondary N) is 1. The Morgan fingerprint density at radius 3 is 2.40 bits per heavy atom. The van der Waals surface area contributed by atoms with Crippen LogP contribution in [-0.2, 0) is 9.84 Å². The van der Waals surface area contributed by atoms with Crippen LogP contribution >= 0.6 is 0 Å². The number of sulfone groups is 1. The summed E-state index contributed by atoms with van der Waals surface area (Å²) in [7, 11) is -1.29. The second kappa shape index (κ2) is 3.55. The van der Waals surface area contributed by atoms with Crippen molar-refractivity contribution in [2.75, 3.05) is 19.1 Å². The quantitative estimate of drug-likeness (QED) is 0.457. The first-order valence-corrected chi connectivity index (χ1v) is 4.89. The Kier molecular flexibility index (Phi) is 3.35. The van der Waals surface area contributed by atoms with Crippen LogP contribution in [0, 0.1) is 0 Å². The molecule has 5 heteroatoms. The van der Waals surface area contributed by atoms with Crippen molar-refractivity contribution in [2.45, 2.75) is 6.92 Å². The summed E-state index contributed by atoms with van der Waals surface area (Å²) >= 11 is 0. The number of hydrogen-bond acceptors (Lipinski definition) is 4. The van der Waals surface area contributed by atoms with Gasteiger partial charge in [0, 0.05) is 19.0 Å². The fourth-order valence-corrected chi connectivity index (χ4v) is 1.43. The van der Waals surface area contributed by atoms with E-state index in [2.05, 4.69) is 10.5 Å². The van der Waals surface area contributed by atoms with Gasteiger partial charge in [0.25, 0.3) is 0 Å². The predicted octanol–water partition coefficient (Wildman–Crippen LogP) is -0.374. The van der Waals surface area contributed by atoms with Crippen molar-refractivity contribution in [1.29, 1.82) is 0 Å². The molecule has 10 heavy (non-hydrogen) atoms. The Morgan fingerprint density at radius 2 is 2.10 bits per heavy atom. The zero-order valence-corrected chi connectivity index (χ0v) is 7.20. The van der Waals surface area contributed by atoms with Gasteiger partial charge in [-0.25, -0.2) is 8.42 Å². The lowest BCUT2D eigenvalue weighted by atomic mass is 10.5. The van der Waals surface area contributed by atoms with Crippen LogP contribution in [0.1, 0.15) is 6.92 Å². The van der Waals surface area contributed by atoms with Crippen LogP contribution in [0.25, 0.3) is 0 Å². The van der Waals surface area contributed by atoms with E-state index in [1.807, 2.05) is 0 Å².